The van der Waals surface area contributed by atoms with Crippen molar-refractivity contribution in [3.8, 4) is 0 Å². The zero-order chi connectivity index (χ0) is 14.5. The minimum atomic E-state index is 0.676. The van der Waals surface area contributed by atoms with Gasteiger partial charge in [0.25, 0.3) is 0 Å². The fraction of sp³-hybridized carbons (Fsp3) is 0.579. The number of benzene rings is 1. The van der Waals surface area contributed by atoms with E-state index >= 15 is 0 Å². The summed E-state index contributed by atoms with van der Waals surface area (Å²) >= 11 is 0. The van der Waals surface area contributed by atoms with E-state index in [-0.39, 0.29) is 0 Å². The molecule has 1 aromatic carbocycles. The van der Waals surface area contributed by atoms with Gasteiger partial charge in [-0.3, -0.25) is 0 Å². The van der Waals surface area contributed by atoms with Crippen LogP contribution >= 0.6 is 0 Å². The van der Waals surface area contributed by atoms with Gasteiger partial charge in [-0.1, -0.05) is 39.0 Å². The molecule has 0 fully saturated rings. The number of fused-ring (bicyclic) bond motifs is 1. The molecule has 2 rings (SSSR count). The van der Waals surface area contributed by atoms with Crippen LogP contribution in [0, 0.1) is 12.8 Å². The highest BCUT2D eigenvalue weighted by atomic mass is 15.1. The monoisotopic (exact) mass is 271 g/mol. The van der Waals surface area contributed by atoms with Crippen molar-refractivity contribution in [2.24, 2.45) is 5.92 Å². The molecule has 0 heterocycles. The molecule has 110 valence electrons. The SMILES string of the molecule is C=CN(Cc1cc(C)c2c(c1)CCCCC2)CC(C)C. The summed E-state index contributed by atoms with van der Waals surface area (Å²) in [5, 5.41) is 0. The molecule has 0 aliphatic heterocycles. The third kappa shape index (κ3) is 3.88. The largest absolute Gasteiger partial charge is 0.373 e. The second-order valence-electron chi connectivity index (χ2n) is 6.62. The lowest BCUT2D eigenvalue weighted by molar-refractivity contribution is 0.324. The van der Waals surface area contributed by atoms with Gasteiger partial charge in [0.1, 0.15) is 0 Å². The van der Waals surface area contributed by atoms with Crippen LogP contribution in [0.2, 0.25) is 0 Å². The van der Waals surface area contributed by atoms with Gasteiger partial charge < -0.3 is 4.90 Å². The van der Waals surface area contributed by atoms with E-state index in [0.717, 1.165) is 13.1 Å². The molecular weight excluding hydrogens is 242 g/mol. The second kappa shape index (κ2) is 6.97. The first-order valence-electron chi connectivity index (χ1n) is 8.08. The molecular formula is C19H29N. The third-order valence-electron chi connectivity index (χ3n) is 4.24. The van der Waals surface area contributed by atoms with E-state index in [2.05, 4.69) is 44.4 Å². The molecule has 1 aliphatic carbocycles. The van der Waals surface area contributed by atoms with Crippen LogP contribution in [0.4, 0.5) is 0 Å². The minimum absolute atomic E-state index is 0.676. The summed E-state index contributed by atoms with van der Waals surface area (Å²) in [5.74, 6) is 0.676. The van der Waals surface area contributed by atoms with E-state index in [9.17, 15) is 0 Å². The second-order valence-corrected chi connectivity index (χ2v) is 6.62. The lowest BCUT2D eigenvalue weighted by Gasteiger charge is -2.23. The smallest absolute Gasteiger partial charge is 0.0424 e. The van der Waals surface area contributed by atoms with E-state index < -0.39 is 0 Å². The van der Waals surface area contributed by atoms with Crippen molar-refractivity contribution in [3.63, 3.8) is 0 Å². The van der Waals surface area contributed by atoms with Crippen molar-refractivity contribution < 1.29 is 0 Å². The summed E-state index contributed by atoms with van der Waals surface area (Å²) in [6, 6.07) is 4.84. The first-order valence-corrected chi connectivity index (χ1v) is 8.08. The summed E-state index contributed by atoms with van der Waals surface area (Å²) in [4.78, 5) is 2.34. The number of aryl methyl sites for hydroxylation is 2. The van der Waals surface area contributed by atoms with Gasteiger partial charge in [-0.25, -0.2) is 0 Å². The van der Waals surface area contributed by atoms with Crippen molar-refractivity contribution in [1.82, 2.24) is 4.90 Å². The van der Waals surface area contributed by atoms with Crippen LogP contribution in [0.5, 0.6) is 0 Å². The van der Waals surface area contributed by atoms with Crippen LogP contribution in [0.25, 0.3) is 0 Å². The van der Waals surface area contributed by atoms with E-state index in [4.69, 9.17) is 0 Å². The zero-order valence-electron chi connectivity index (χ0n) is 13.4. The normalized spacial score (nSPS) is 14.8. The Kier molecular flexibility index (Phi) is 5.28. The van der Waals surface area contributed by atoms with Crippen LogP contribution < -0.4 is 0 Å². The fourth-order valence-electron chi connectivity index (χ4n) is 3.34. The Labute approximate surface area is 124 Å². The van der Waals surface area contributed by atoms with Crippen LogP contribution in [0.3, 0.4) is 0 Å². The maximum absolute atomic E-state index is 3.96. The number of rotatable bonds is 5. The summed E-state index contributed by atoms with van der Waals surface area (Å²) in [6.45, 7) is 12.9. The molecule has 0 unspecified atom stereocenters. The quantitative estimate of drug-likeness (QED) is 0.691. The van der Waals surface area contributed by atoms with Crippen LogP contribution in [-0.4, -0.2) is 11.4 Å². The maximum atomic E-state index is 3.96. The molecule has 1 aromatic rings. The molecule has 0 saturated heterocycles. The summed E-state index contributed by atoms with van der Waals surface area (Å²) < 4.78 is 0. The van der Waals surface area contributed by atoms with E-state index in [1.54, 1.807) is 11.1 Å². The minimum Gasteiger partial charge on any atom is -0.373 e. The molecule has 0 saturated carbocycles. The molecule has 1 aliphatic rings. The number of hydrogen-bond acceptors (Lipinski definition) is 1. The predicted octanol–water partition coefficient (Wildman–Crippen LogP) is 4.87. The summed E-state index contributed by atoms with van der Waals surface area (Å²) in [5.41, 5.74) is 6.17. The van der Waals surface area contributed by atoms with Crippen LogP contribution in [0.15, 0.2) is 24.9 Å². The molecule has 1 nitrogen and oxygen atoms in total. The molecule has 20 heavy (non-hydrogen) atoms. The molecule has 0 radical (unpaired) electrons. The third-order valence-corrected chi connectivity index (χ3v) is 4.24. The van der Waals surface area contributed by atoms with Gasteiger partial charge >= 0.3 is 0 Å². The highest BCUT2D eigenvalue weighted by Gasteiger charge is 2.12. The molecule has 0 spiro atoms. The maximum Gasteiger partial charge on any atom is 0.0424 e. The topological polar surface area (TPSA) is 3.24 Å². The molecule has 0 N–H and O–H groups in total. The Morgan fingerprint density at radius 1 is 1.20 bits per heavy atom. The number of hydrogen-bond donors (Lipinski definition) is 0. The van der Waals surface area contributed by atoms with E-state index in [0.29, 0.717) is 5.92 Å². The lowest BCUT2D eigenvalue weighted by atomic mass is 9.95. The average Bonchev–Trinajstić information content (AvgIpc) is 2.63. The fourth-order valence-corrected chi connectivity index (χ4v) is 3.34. The zero-order valence-corrected chi connectivity index (χ0v) is 13.4. The predicted molar refractivity (Wildman–Crippen MR) is 87.9 cm³/mol. The Hall–Kier alpha value is -1.24. The van der Waals surface area contributed by atoms with Gasteiger partial charge in [0, 0.05) is 13.1 Å². The molecule has 0 amide bonds. The highest BCUT2D eigenvalue weighted by Crippen LogP contribution is 2.25. The molecule has 1 heteroatoms. The standard InChI is InChI=1S/C19H29N/c1-5-20(13-15(2)3)14-17-11-16(4)19-10-8-6-7-9-18(19)12-17/h5,11-12,15H,1,6-10,13-14H2,2-4H3. The van der Waals surface area contributed by atoms with Crippen molar-refractivity contribution >= 4 is 0 Å². The average molecular weight is 271 g/mol. The molecule has 0 atom stereocenters. The van der Waals surface area contributed by atoms with Crippen LogP contribution in [0.1, 0.15) is 55.4 Å². The van der Waals surface area contributed by atoms with Gasteiger partial charge in [0.15, 0.2) is 0 Å². The highest BCUT2D eigenvalue weighted by molar-refractivity contribution is 5.39. The Bertz CT molecular complexity index is 459. The van der Waals surface area contributed by atoms with Crippen molar-refractivity contribution in [1.29, 1.82) is 0 Å². The molecule has 0 bridgehead atoms. The van der Waals surface area contributed by atoms with Crippen LogP contribution in [-0.2, 0) is 19.4 Å². The van der Waals surface area contributed by atoms with Crippen molar-refractivity contribution in [2.45, 2.75) is 59.4 Å². The van der Waals surface area contributed by atoms with Gasteiger partial charge in [-0.2, -0.15) is 0 Å². The molecule has 0 aromatic heterocycles. The van der Waals surface area contributed by atoms with E-state index in [1.807, 2.05) is 6.20 Å². The van der Waals surface area contributed by atoms with Gasteiger partial charge in [-0.05, 0) is 67.0 Å². The van der Waals surface area contributed by atoms with Gasteiger partial charge in [0.05, 0.1) is 0 Å². The summed E-state index contributed by atoms with van der Waals surface area (Å²) in [6.07, 6.45) is 8.63. The van der Waals surface area contributed by atoms with Crippen molar-refractivity contribution in [2.75, 3.05) is 6.54 Å². The van der Waals surface area contributed by atoms with Gasteiger partial charge in [-0.15, -0.1) is 0 Å². The van der Waals surface area contributed by atoms with E-state index in [1.165, 1.54) is 43.2 Å². The first-order chi connectivity index (χ1) is 9.60. The summed E-state index contributed by atoms with van der Waals surface area (Å²) in [7, 11) is 0. The Morgan fingerprint density at radius 2 is 1.95 bits per heavy atom. The van der Waals surface area contributed by atoms with Gasteiger partial charge in [0.2, 0.25) is 0 Å². The first kappa shape index (κ1) is 15.2. The Morgan fingerprint density at radius 3 is 2.65 bits per heavy atom. The Balaban J connectivity index is 2.18. The number of nitrogens with zero attached hydrogens (tertiary/aromatic N) is 1. The lowest BCUT2D eigenvalue weighted by Crippen LogP contribution is -2.21. The van der Waals surface area contributed by atoms with Crippen molar-refractivity contribution in [3.05, 3.63) is 47.2 Å².